The van der Waals surface area contributed by atoms with Gasteiger partial charge in [-0.1, -0.05) is 0 Å². The van der Waals surface area contributed by atoms with Crippen LogP contribution in [0, 0.1) is 0 Å². The summed E-state index contributed by atoms with van der Waals surface area (Å²) in [7, 11) is 0. The van der Waals surface area contributed by atoms with Crippen molar-refractivity contribution >= 4 is 17.0 Å². The van der Waals surface area contributed by atoms with Crippen molar-refractivity contribution in [3.8, 4) is 0 Å². The monoisotopic (exact) mass is 267 g/mol. The number of fused-ring (bicyclic) bond motifs is 1. The van der Waals surface area contributed by atoms with E-state index in [4.69, 9.17) is 10.5 Å². The Hall–Kier alpha value is -2.26. The molecule has 2 aromatic rings. The summed E-state index contributed by atoms with van der Waals surface area (Å²) < 4.78 is 19.0. The van der Waals surface area contributed by atoms with Crippen LogP contribution in [0.2, 0.25) is 0 Å². The molecule has 4 N–H and O–H groups in total. The average Bonchev–Trinajstić information content (AvgIpc) is 2.94. The fourth-order valence-electron chi connectivity index (χ4n) is 1.97. The van der Waals surface area contributed by atoms with Crippen LogP contribution < -0.4 is 5.73 Å². The van der Waals surface area contributed by atoms with Crippen LogP contribution in [-0.2, 0) is 4.74 Å². The molecule has 100 valence electrons. The van der Waals surface area contributed by atoms with Gasteiger partial charge in [0.25, 0.3) is 0 Å². The standard InChI is InChI=1S/C10H10FN5O3/c11-1-4-6(17)7(18)10(19-4)16-3-15-5-8(12)13-2-14-9(5)16/h1-3,6-7,10,17-18H,(H2,12,13,14)/t6?,7?,10-/m1/s1. The molecule has 1 saturated heterocycles. The van der Waals surface area contributed by atoms with Gasteiger partial charge in [0.05, 0.1) is 0 Å². The molecule has 0 aromatic carbocycles. The second kappa shape index (κ2) is 4.14. The minimum Gasteiger partial charge on any atom is -0.466 e. The molecule has 0 spiro atoms. The van der Waals surface area contributed by atoms with E-state index in [0.717, 1.165) is 0 Å². The average molecular weight is 267 g/mol. The highest BCUT2D eigenvalue weighted by Crippen LogP contribution is 2.33. The molecule has 9 heteroatoms. The number of aromatic nitrogens is 4. The molecule has 3 atom stereocenters. The van der Waals surface area contributed by atoms with Gasteiger partial charge in [0.1, 0.15) is 36.7 Å². The largest absolute Gasteiger partial charge is 0.466 e. The van der Waals surface area contributed by atoms with Crippen molar-refractivity contribution < 1.29 is 19.3 Å². The summed E-state index contributed by atoms with van der Waals surface area (Å²) in [5.41, 5.74) is 6.29. The second-order valence-electron chi connectivity index (χ2n) is 4.04. The third-order valence-corrected chi connectivity index (χ3v) is 2.93. The Bertz CT molecular complexity index is 658. The Morgan fingerprint density at radius 2 is 2.16 bits per heavy atom. The number of aliphatic hydroxyl groups excluding tert-OH is 2. The van der Waals surface area contributed by atoms with Crippen molar-refractivity contribution in [1.82, 2.24) is 19.5 Å². The number of nitrogens with two attached hydrogens (primary N) is 1. The maximum Gasteiger partial charge on any atom is 0.207 e. The lowest BCUT2D eigenvalue weighted by Crippen LogP contribution is -2.27. The van der Waals surface area contributed by atoms with Crippen molar-refractivity contribution in [3.05, 3.63) is 24.7 Å². The molecule has 3 rings (SSSR count). The molecular weight excluding hydrogens is 257 g/mol. The first-order chi connectivity index (χ1) is 9.13. The van der Waals surface area contributed by atoms with Crippen LogP contribution in [0.25, 0.3) is 11.2 Å². The molecule has 0 amide bonds. The van der Waals surface area contributed by atoms with E-state index in [1.165, 1.54) is 17.2 Å². The zero-order valence-corrected chi connectivity index (χ0v) is 9.51. The molecule has 8 nitrogen and oxygen atoms in total. The Morgan fingerprint density at radius 1 is 1.37 bits per heavy atom. The molecule has 1 fully saturated rings. The number of nitrogens with zero attached hydrogens (tertiary/aromatic N) is 4. The highest BCUT2D eigenvalue weighted by atomic mass is 19.1. The van der Waals surface area contributed by atoms with E-state index >= 15 is 0 Å². The quantitative estimate of drug-likeness (QED) is 0.635. The van der Waals surface area contributed by atoms with Gasteiger partial charge in [-0.3, -0.25) is 4.57 Å². The van der Waals surface area contributed by atoms with E-state index in [1.54, 1.807) is 0 Å². The number of halogens is 1. The highest BCUT2D eigenvalue weighted by molar-refractivity contribution is 5.81. The third kappa shape index (κ3) is 1.63. The van der Waals surface area contributed by atoms with Gasteiger partial charge in [0.2, 0.25) is 6.23 Å². The molecule has 2 unspecified atom stereocenters. The van der Waals surface area contributed by atoms with Crippen LogP contribution in [0.1, 0.15) is 6.23 Å². The number of hydrogen-bond acceptors (Lipinski definition) is 7. The molecule has 0 bridgehead atoms. The molecule has 0 saturated carbocycles. The van der Waals surface area contributed by atoms with E-state index < -0.39 is 18.4 Å². The summed E-state index contributed by atoms with van der Waals surface area (Å²) in [5.74, 6) is -0.167. The van der Waals surface area contributed by atoms with Gasteiger partial charge in [-0.15, -0.1) is 0 Å². The SMILES string of the molecule is Nc1ncnc2c1ncn2[C@@H]1OC(=CF)C(O)C1O. The molecule has 19 heavy (non-hydrogen) atoms. The lowest BCUT2D eigenvalue weighted by atomic mass is 10.2. The fraction of sp³-hybridized carbons (Fsp3) is 0.300. The van der Waals surface area contributed by atoms with Crippen LogP contribution in [0.3, 0.4) is 0 Å². The topological polar surface area (TPSA) is 119 Å². The Kier molecular flexibility index (Phi) is 2.57. The lowest BCUT2D eigenvalue weighted by molar-refractivity contribution is -0.0120. The molecule has 1 aliphatic heterocycles. The minimum absolute atomic E-state index is 0.107. The fourth-order valence-corrected chi connectivity index (χ4v) is 1.97. The number of imidazole rings is 1. The Labute approximate surface area is 106 Å². The predicted octanol–water partition coefficient (Wildman–Crippen LogP) is -0.530. The maximum absolute atomic E-state index is 12.5. The number of hydrogen-bond donors (Lipinski definition) is 3. The summed E-state index contributed by atoms with van der Waals surface area (Å²) in [5, 5.41) is 19.4. The molecule has 2 aromatic heterocycles. The number of aliphatic hydroxyl groups is 2. The van der Waals surface area contributed by atoms with Crippen LogP contribution >= 0.6 is 0 Å². The first-order valence-corrected chi connectivity index (χ1v) is 5.39. The summed E-state index contributed by atoms with van der Waals surface area (Å²) in [6.07, 6.45) is -1.13. The molecule has 1 aliphatic rings. The van der Waals surface area contributed by atoms with Crippen molar-refractivity contribution in [2.24, 2.45) is 0 Å². The molecule has 0 radical (unpaired) electrons. The summed E-state index contributed by atoms with van der Waals surface area (Å²) in [4.78, 5) is 11.8. The summed E-state index contributed by atoms with van der Waals surface area (Å²) in [6.45, 7) is 0. The predicted molar refractivity (Wildman–Crippen MR) is 61.1 cm³/mol. The lowest BCUT2D eigenvalue weighted by Gasteiger charge is -2.15. The van der Waals surface area contributed by atoms with E-state index in [1.807, 2.05) is 0 Å². The highest BCUT2D eigenvalue weighted by Gasteiger charge is 2.41. The van der Waals surface area contributed by atoms with E-state index in [2.05, 4.69) is 15.0 Å². The maximum atomic E-state index is 12.5. The normalized spacial score (nSPS) is 29.0. The number of rotatable bonds is 1. The molecule has 3 heterocycles. The summed E-state index contributed by atoms with van der Waals surface area (Å²) >= 11 is 0. The first-order valence-electron chi connectivity index (χ1n) is 5.39. The van der Waals surface area contributed by atoms with Gasteiger partial charge in [0.15, 0.2) is 17.2 Å². The Morgan fingerprint density at radius 3 is 2.84 bits per heavy atom. The van der Waals surface area contributed by atoms with Gasteiger partial charge in [0, 0.05) is 0 Å². The van der Waals surface area contributed by atoms with E-state index in [9.17, 15) is 14.6 Å². The smallest absolute Gasteiger partial charge is 0.207 e. The van der Waals surface area contributed by atoms with Gasteiger partial charge in [-0.25, -0.2) is 19.3 Å². The number of nitrogen functional groups attached to an aromatic ring is 1. The van der Waals surface area contributed by atoms with Gasteiger partial charge in [-0.2, -0.15) is 0 Å². The zero-order valence-electron chi connectivity index (χ0n) is 9.51. The van der Waals surface area contributed by atoms with Crippen molar-refractivity contribution in [2.45, 2.75) is 18.4 Å². The minimum atomic E-state index is -1.44. The van der Waals surface area contributed by atoms with Crippen molar-refractivity contribution in [1.29, 1.82) is 0 Å². The van der Waals surface area contributed by atoms with Gasteiger partial charge < -0.3 is 20.7 Å². The van der Waals surface area contributed by atoms with E-state index in [0.29, 0.717) is 11.2 Å². The third-order valence-electron chi connectivity index (χ3n) is 2.93. The summed E-state index contributed by atoms with van der Waals surface area (Å²) in [6, 6.07) is 0. The van der Waals surface area contributed by atoms with Crippen molar-refractivity contribution in [3.63, 3.8) is 0 Å². The van der Waals surface area contributed by atoms with E-state index in [-0.39, 0.29) is 17.9 Å². The van der Waals surface area contributed by atoms with Crippen LogP contribution in [0.5, 0.6) is 0 Å². The number of ether oxygens (including phenoxy) is 1. The van der Waals surface area contributed by atoms with Crippen LogP contribution in [-0.4, -0.2) is 41.9 Å². The Balaban J connectivity index is 2.09. The second-order valence-corrected chi connectivity index (χ2v) is 4.04. The van der Waals surface area contributed by atoms with Crippen LogP contribution in [0.4, 0.5) is 10.2 Å². The number of anilines is 1. The van der Waals surface area contributed by atoms with Gasteiger partial charge in [-0.05, 0) is 0 Å². The van der Waals surface area contributed by atoms with Crippen molar-refractivity contribution in [2.75, 3.05) is 5.73 Å². The van der Waals surface area contributed by atoms with Crippen LogP contribution in [0.15, 0.2) is 24.7 Å². The molecular formula is C10H10FN5O3. The zero-order chi connectivity index (χ0) is 13.6. The first kappa shape index (κ1) is 11.8. The molecule has 0 aliphatic carbocycles. The van der Waals surface area contributed by atoms with Gasteiger partial charge >= 0.3 is 0 Å².